The Morgan fingerprint density at radius 3 is 1.68 bits per heavy atom. The van der Waals surface area contributed by atoms with Crippen molar-refractivity contribution in [2.45, 2.75) is 0 Å². The van der Waals surface area contributed by atoms with Crippen molar-refractivity contribution in [2.75, 3.05) is 0 Å². The Morgan fingerprint density at radius 1 is 0.351 bits per heavy atom. The number of fused-ring (bicyclic) bond motifs is 8. The highest BCUT2D eigenvalue weighted by molar-refractivity contribution is 7.21. The number of para-hydroxylation sites is 3. The van der Waals surface area contributed by atoms with Crippen LogP contribution < -0.4 is 0 Å². The molecule has 0 fully saturated rings. The standard InChI is InChI=1S/C51H31N5S/c1-4-14-32(15-5-1)49-38-21-10-12-22-42(38)53-51(54-49)56-44-23-13-11-20-37(44)39-28-34(25-27-46(39)56)35-24-26-45-40(29-35)41-30-48-43(52-50(57-48)33-16-6-2-7-17-33)31-47(41)55(45)36-18-8-3-9-19-36/h1-31H. The molecule has 0 N–H and O–H groups in total. The van der Waals surface area contributed by atoms with E-state index < -0.39 is 0 Å². The molecule has 0 aliphatic rings. The second-order valence-corrected chi connectivity index (χ2v) is 15.5. The normalized spacial score (nSPS) is 11.9. The van der Waals surface area contributed by atoms with Gasteiger partial charge in [-0.05, 0) is 71.8 Å². The van der Waals surface area contributed by atoms with Gasteiger partial charge in [0, 0.05) is 43.7 Å². The van der Waals surface area contributed by atoms with Crippen LogP contribution in [0.3, 0.4) is 0 Å². The predicted octanol–water partition coefficient (Wildman–Crippen LogP) is 13.4. The number of benzene rings is 8. The van der Waals surface area contributed by atoms with Crippen molar-refractivity contribution in [3.05, 3.63) is 188 Å². The van der Waals surface area contributed by atoms with Crippen molar-refractivity contribution in [3.8, 4) is 44.6 Å². The van der Waals surface area contributed by atoms with E-state index >= 15 is 0 Å². The summed E-state index contributed by atoms with van der Waals surface area (Å²) >= 11 is 1.75. The van der Waals surface area contributed by atoms with Crippen LogP contribution in [-0.2, 0) is 0 Å². The lowest BCUT2D eigenvalue weighted by Gasteiger charge is -2.12. The number of rotatable bonds is 5. The van der Waals surface area contributed by atoms with Crippen molar-refractivity contribution in [1.82, 2.24) is 24.1 Å². The highest BCUT2D eigenvalue weighted by atomic mass is 32.1. The molecule has 0 atom stereocenters. The molecule has 12 rings (SSSR count). The largest absolute Gasteiger partial charge is 0.309 e. The van der Waals surface area contributed by atoms with Crippen molar-refractivity contribution in [1.29, 1.82) is 0 Å². The number of hydrogen-bond acceptors (Lipinski definition) is 4. The SMILES string of the molecule is c1ccc(-c2nc3cc4c(cc3s2)c2cc(-c3ccc5c(c3)c3ccccc3n5-c3nc(-c5ccccc5)c5ccccc5n3)ccc2n4-c2ccccc2)cc1. The van der Waals surface area contributed by atoms with Gasteiger partial charge in [-0.15, -0.1) is 11.3 Å². The average molecular weight is 746 g/mol. The first-order chi connectivity index (χ1) is 28.2. The van der Waals surface area contributed by atoms with Crippen molar-refractivity contribution >= 4 is 76.1 Å². The Morgan fingerprint density at radius 2 is 0.930 bits per heavy atom. The van der Waals surface area contributed by atoms with E-state index in [1.54, 1.807) is 11.3 Å². The Kier molecular flexibility index (Phi) is 7.03. The molecule has 5 nitrogen and oxygen atoms in total. The zero-order chi connectivity index (χ0) is 37.5. The third kappa shape index (κ3) is 5.04. The third-order valence-electron chi connectivity index (χ3n) is 11.2. The summed E-state index contributed by atoms with van der Waals surface area (Å²) in [5.74, 6) is 0.659. The summed E-state index contributed by atoms with van der Waals surface area (Å²) < 4.78 is 5.77. The summed E-state index contributed by atoms with van der Waals surface area (Å²) in [7, 11) is 0. The van der Waals surface area contributed by atoms with Crippen LogP contribution in [0, 0.1) is 0 Å². The fraction of sp³-hybridized carbons (Fsp3) is 0. The quantitative estimate of drug-likeness (QED) is 0.176. The van der Waals surface area contributed by atoms with E-state index in [2.05, 4.69) is 179 Å². The molecule has 266 valence electrons. The summed E-state index contributed by atoms with van der Waals surface area (Å²) in [6.07, 6.45) is 0. The van der Waals surface area contributed by atoms with E-state index in [0.717, 1.165) is 82.4 Å². The maximum absolute atomic E-state index is 5.27. The fourth-order valence-electron chi connectivity index (χ4n) is 8.53. The zero-order valence-electron chi connectivity index (χ0n) is 30.5. The van der Waals surface area contributed by atoms with Crippen molar-refractivity contribution in [2.24, 2.45) is 0 Å². The van der Waals surface area contributed by atoms with Crippen LogP contribution in [0.25, 0.3) is 109 Å². The Bertz CT molecular complexity index is 3510. The summed E-state index contributed by atoms with van der Waals surface area (Å²) in [6, 6.07) is 66.7. The third-order valence-corrected chi connectivity index (χ3v) is 12.2. The van der Waals surface area contributed by atoms with Crippen LogP contribution in [0.4, 0.5) is 0 Å². The Labute approximate surface area is 331 Å². The minimum absolute atomic E-state index is 0.659. The van der Waals surface area contributed by atoms with Gasteiger partial charge in [-0.25, -0.2) is 15.0 Å². The Balaban J connectivity index is 1.05. The first-order valence-electron chi connectivity index (χ1n) is 19.1. The second-order valence-electron chi connectivity index (χ2n) is 14.5. The average Bonchev–Trinajstić information content (AvgIpc) is 3.95. The molecular formula is C51H31N5S. The molecule has 0 aliphatic heterocycles. The Hall–Kier alpha value is -7.41. The second kappa shape index (κ2) is 12.6. The van der Waals surface area contributed by atoms with E-state index in [4.69, 9.17) is 15.0 Å². The number of thiazole rings is 1. The molecule has 0 saturated heterocycles. The molecule has 0 bridgehead atoms. The fourth-order valence-corrected chi connectivity index (χ4v) is 9.52. The van der Waals surface area contributed by atoms with Gasteiger partial charge in [0.05, 0.1) is 43.5 Å². The monoisotopic (exact) mass is 745 g/mol. The summed E-state index contributed by atoms with van der Waals surface area (Å²) in [5.41, 5.74) is 13.0. The lowest BCUT2D eigenvalue weighted by Crippen LogP contribution is -2.03. The minimum Gasteiger partial charge on any atom is -0.309 e. The highest BCUT2D eigenvalue weighted by Crippen LogP contribution is 2.41. The van der Waals surface area contributed by atoms with Crippen LogP contribution in [0.5, 0.6) is 0 Å². The maximum Gasteiger partial charge on any atom is 0.235 e. The van der Waals surface area contributed by atoms with Gasteiger partial charge in [0.2, 0.25) is 5.95 Å². The molecule has 4 heterocycles. The van der Waals surface area contributed by atoms with E-state index in [0.29, 0.717) is 5.95 Å². The molecule has 0 aliphatic carbocycles. The van der Waals surface area contributed by atoms with E-state index in [1.165, 1.54) is 21.0 Å². The smallest absolute Gasteiger partial charge is 0.235 e. The summed E-state index contributed by atoms with van der Waals surface area (Å²) in [6.45, 7) is 0. The van der Waals surface area contributed by atoms with Gasteiger partial charge >= 0.3 is 0 Å². The van der Waals surface area contributed by atoms with Crippen LogP contribution in [0.1, 0.15) is 0 Å². The molecule has 57 heavy (non-hydrogen) atoms. The van der Waals surface area contributed by atoms with Gasteiger partial charge < -0.3 is 4.57 Å². The number of aromatic nitrogens is 5. The summed E-state index contributed by atoms with van der Waals surface area (Å²) in [4.78, 5) is 15.5. The highest BCUT2D eigenvalue weighted by Gasteiger charge is 2.20. The topological polar surface area (TPSA) is 48.5 Å². The zero-order valence-corrected chi connectivity index (χ0v) is 31.4. The molecule has 0 unspecified atom stereocenters. The van der Waals surface area contributed by atoms with Crippen LogP contribution in [-0.4, -0.2) is 24.1 Å². The first kappa shape index (κ1) is 31.9. The molecule has 0 amide bonds. The summed E-state index contributed by atoms with van der Waals surface area (Å²) in [5, 5.41) is 6.82. The van der Waals surface area contributed by atoms with Gasteiger partial charge in [-0.2, -0.15) is 0 Å². The van der Waals surface area contributed by atoms with E-state index in [9.17, 15) is 0 Å². The first-order valence-corrected chi connectivity index (χ1v) is 19.9. The van der Waals surface area contributed by atoms with Crippen molar-refractivity contribution < 1.29 is 0 Å². The maximum atomic E-state index is 5.27. The molecule has 0 radical (unpaired) electrons. The minimum atomic E-state index is 0.659. The van der Waals surface area contributed by atoms with Crippen LogP contribution in [0.15, 0.2) is 188 Å². The van der Waals surface area contributed by atoms with Gasteiger partial charge in [0.25, 0.3) is 0 Å². The molecule has 0 saturated carbocycles. The number of nitrogens with zero attached hydrogens (tertiary/aromatic N) is 5. The number of hydrogen-bond donors (Lipinski definition) is 0. The van der Waals surface area contributed by atoms with Gasteiger partial charge in [0.15, 0.2) is 0 Å². The molecule has 8 aromatic carbocycles. The predicted molar refractivity (Wildman–Crippen MR) is 238 cm³/mol. The molecule has 0 spiro atoms. The lowest BCUT2D eigenvalue weighted by molar-refractivity contribution is 1.01. The van der Waals surface area contributed by atoms with E-state index in [-0.39, 0.29) is 0 Å². The van der Waals surface area contributed by atoms with Crippen LogP contribution in [0.2, 0.25) is 0 Å². The van der Waals surface area contributed by atoms with Gasteiger partial charge in [0.1, 0.15) is 5.01 Å². The molecular weight excluding hydrogens is 715 g/mol. The van der Waals surface area contributed by atoms with Crippen LogP contribution >= 0.6 is 11.3 Å². The van der Waals surface area contributed by atoms with Gasteiger partial charge in [-0.3, -0.25) is 4.57 Å². The van der Waals surface area contributed by atoms with Crippen molar-refractivity contribution in [3.63, 3.8) is 0 Å². The van der Waals surface area contributed by atoms with E-state index in [1.807, 2.05) is 18.2 Å². The van der Waals surface area contributed by atoms with Gasteiger partial charge in [-0.1, -0.05) is 127 Å². The lowest BCUT2D eigenvalue weighted by atomic mass is 10.0. The molecule has 12 aromatic rings. The molecule has 4 aromatic heterocycles. The molecule has 6 heteroatoms.